The number of halogens is 1. The number of fused-ring (bicyclic) bond motifs is 1. The molecule has 1 unspecified atom stereocenters. The lowest BCUT2D eigenvalue weighted by atomic mass is 10.0. The van der Waals surface area contributed by atoms with Gasteiger partial charge in [-0.25, -0.2) is 0 Å². The van der Waals surface area contributed by atoms with Gasteiger partial charge in [0.25, 0.3) is 0 Å². The van der Waals surface area contributed by atoms with Crippen LogP contribution in [0.2, 0.25) is 0 Å². The molecule has 2 nitrogen and oxygen atoms in total. The van der Waals surface area contributed by atoms with Crippen molar-refractivity contribution in [1.82, 2.24) is 0 Å². The first-order valence-corrected chi connectivity index (χ1v) is 7.80. The van der Waals surface area contributed by atoms with E-state index in [1.807, 2.05) is 42.5 Å². The van der Waals surface area contributed by atoms with Crippen molar-refractivity contribution in [3.63, 3.8) is 0 Å². The molecule has 19 heavy (non-hydrogen) atoms. The third-order valence-electron chi connectivity index (χ3n) is 3.13. The Balaban J connectivity index is 1.77. The number of amides is 1. The Kier molecular flexibility index (Phi) is 3.62. The smallest absolute Gasteiger partial charge is 0.232 e. The molecular formula is C15H12BrNOS. The average molecular weight is 334 g/mol. The Morgan fingerprint density at radius 3 is 2.68 bits per heavy atom. The van der Waals surface area contributed by atoms with Crippen molar-refractivity contribution in [3.8, 4) is 0 Å². The van der Waals surface area contributed by atoms with Crippen molar-refractivity contribution in [3.05, 3.63) is 58.6 Å². The number of rotatable bonds is 2. The minimum absolute atomic E-state index is 0.0511. The first kappa shape index (κ1) is 12.8. The number of nitrogens with one attached hydrogen (secondary N) is 1. The topological polar surface area (TPSA) is 29.1 Å². The molecule has 4 heteroatoms. The van der Waals surface area contributed by atoms with Gasteiger partial charge in [0, 0.05) is 20.8 Å². The maximum absolute atomic E-state index is 12.3. The number of benzene rings is 2. The molecule has 1 amide bonds. The number of hydrogen-bond acceptors (Lipinski definition) is 2. The normalized spacial score (nSPS) is 17.0. The van der Waals surface area contributed by atoms with Gasteiger partial charge in [-0.15, -0.1) is 11.8 Å². The van der Waals surface area contributed by atoms with Gasteiger partial charge in [-0.1, -0.05) is 34.1 Å². The summed E-state index contributed by atoms with van der Waals surface area (Å²) in [4.78, 5) is 13.5. The summed E-state index contributed by atoms with van der Waals surface area (Å²) in [6.45, 7) is 0. The van der Waals surface area contributed by atoms with Crippen LogP contribution in [0.5, 0.6) is 0 Å². The molecule has 96 valence electrons. The summed E-state index contributed by atoms with van der Waals surface area (Å²) in [6, 6.07) is 15.8. The Morgan fingerprint density at radius 2 is 1.89 bits per heavy atom. The van der Waals surface area contributed by atoms with Crippen molar-refractivity contribution in [2.45, 2.75) is 10.8 Å². The summed E-state index contributed by atoms with van der Waals surface area (Å²) in [7, 11) is 0. The second-order valence-electron chi connectivity index (χ2n) is 4.40. The highest BCUT2D eigenvalue weighted by molar-refractivity contribution is 9.10. The lowest BCUT2D eigenvalue weighted by Gasteiger charge is -2.11. The minimum Gasteiger partial charge on any atom is -0.326 e. The van der Waals surface area contributed by atoms with Gasteiger partial charge in [-0.05, 0) is 35.9 Å². The van der Waals surface area contributed by atoms with Gasteiger partial charge >= 0.3 is 0 Å². The van der Waals surface area contributed by atoms with Gasteiger partial charge in [-0.3, -0.25) is 4.79 Å². The summed E-state index contributed by atoms with van der Waals surface area (Å²) >= 11 is 5.13. The van der Waals surface area contributed by atoms with Crippen LogP contribution in [0.25, 0.3) is 0 Å². The molecule has 1 heterocycles. The van der Waals surface area contributed by atoms with E-state index in [9.17, 15) is 4.79 Å². The number of anilines is 1. The van der Waals surface area contributed by atoms with E-state index in [2.05, 4.69) is 27.3 Å². The fourth-order valence-corrected chi connectivity index (χ4v) is 3.64. The molecule has 0 saturated carbocycles. The van der Waals surface area contributed by atoms with Crippen LogP contribution < -0.4 is 5.32 Å². The fourth-order valence-electron chi connectivity index (χ4n) is 2.14. The Morgan fingerprint density at radius 1 is 1.16 bits per heavy atom. The maximum Gasteiger partial charge on any atom is 0.232 e. The molecular weight excluding hydrogens is 322 g/mol. The van der Waals surface area contributed by atoms with E-state index in [0.717, 1.165) is 21.5 Å². The molecule has 0 saturated heterocycles. The second-order valence-corrected chi connectivity index (χ2v) is 6.38. The summed E-state index contributed by atoms with van der Waals surface area (Å²) < 4.78 is 1.01. The molecule has 0 aromatic heterocycles. The SMILES string of the molecule is O=C(Nc1ccc(Br)cc1)C1CSc2ccccc21. The van der Waals surface area contributed by atoms with E-state index >= 15 is 0 Å². The van der Waals surface area contributed by atoms with Crippen LogP contribution in [-0.4, -0.2) is 11.7 Å². The molecule has 0 bridgehead atoms. The lowest BCUT2D eigenvalue weighted by molar-refractivity contribution is -0.117. The molecule has 3 rings (SSSR count). The van der Waals surface area contributed by atoms with Crippen molar-refractivity contribution in [2.24, 2.45) is 0 Å². The van der Waals surface area contributed by atoms with Crippen LogP contribution in [0.1, 0.15) is 11.5 Å². The van der Waals surface area contributed by atoms with Gasteiger partial charge in [0.15, 0.2) is 0 Å². The quantitative estimate of drug-likeness (QED) is 0.888. The predicted molar refractivity (Wildman–Crippen MR) is 82.7 cm³/mol. The number of carbonyl (C=O) groups is 1. The zero-order chi connectivity index (χ0) is 13.2. The minimum atomic E-state index is -0.0511. The Hall–Kier alpha value is -1.26. The monoisotopic (exact) mass is 333 g/mol. The molecule has 2 aromatic carbocycles. The van der Waals surface area contributed by atoms with E-state index in [4.69, 9.17) is 0 Å². The molecule has 1 aliphatic heterocycles. The van der Waals surface area contributed by atoms with Gasteiger partial charge in [-0.2, -0.15) is 0 Å². The number of thioether (sulfide) groups is 1. The summed E-state index contributed by atoms with van der Waals surface area (Å²) in [5.41, 5.74) is 1.98. The zero-order valence-electron chi connectivity index (χ0n) is 10.1. The van der Waals surface area contributed by atoms with Gasteiger partial charge in [0.1, 0.15) is 0 Å². The molecule has 0 radical (unpaired) electrons. The molecule has 0 fully saturated rings. The van der Waals surface area contributed by atoms with E-state index in [1.165, 1.54) is 4.90 Å². The second kappa shape index (κ2) is 5.39. The highest BCUT2D eigenvalue weighted by atomic mass is 79.9. The van der Waals surface area contributed by atoms with Gasteiger partial charge in [0.05, 0.1) is 5.92 Å². The number of carbonyl (C=O) groups excluding carboxylic acids is 1. The maximum atomic E-state index is 12.3. The van der Waals surface area contributed by atoms with Crippen molar-refractivity contribution in [2.75, 3.05) is 11.1 Å². The van der Waals surface area contributed by atoms with Crippen LogP contribution in [0.3, 0.4) is 0 Å². The van der Waals surface area contributed by atoms with Crippen LogP contribution in [0.15, 0.2) is 57.9 Å². The summed E-state index contributed by atoms with van der Waals surface area (Å²) in [5, 5.41) is 2.98. The van der Waals surface area contributed by atoms with Crippen LogP contribution in [0, 0.1) is 0 Å². The highest BCUT2D eigenvalue weighted by Gasteiger charge is 2.28. The van der Waals surface area contributed by atoms with Crippen molar-refractivity contribution >= 4 is 39.3 Å². The standard InChI is InChI=1S/C15H12BrNOS/c16-10-5-7-11(8-6-10)17-15(18)13-9-19-14-4-2-1-3-12(13)14/h1-8,13H,9H2,(H,17,18). The molecule has 1 N–H and O–H groups in total. The predicted octanol–water partition coefficient (Wildman–Crippen LogP) is 4.28. The highest BCUT2D eigenvalue weighted by Crippen LogP contribution is 2.39. The van der Waals surface area contributed by atoms with E-state index in [1.54, 1.807) is 11.8 Å². The zero-order valence-corrected chi connectivity index (χ0v) is 12.5. The largest absolute Gasteiger partial charge is 0.326 e. The lowest BCUT2D eigenvalue weighted by Crippen LogP contribution is -2.20. The van der Waals surface area contributed by atoms with Crippen LogP contribution in [0.4, 0.5) is 5.69 Å². The van der Waals surface area contributed by atoms with Crippen molar-refractivity contribution in [1.29, 1.82) is 0 Å². The van der Waals surface area contributed by atoms with Crippen LogP contribution in [-0.2, 0) is 4.79 Å². The van der Waals surface area contributed by atoms with Crippen LogP contribution >= 0.6 is 27.7 Å². The van der Waals surface area contributed by atoms with E-state index in [0.29, 0.717) is 0 Å². The molecule has 2 aromatic rings. The third kappa shape index (κ3) is 2.69. The molecule has 1 aliphatic rings. The van der Waals surface area contributed by atoms with Crippen molar-refractivity contribution < 1.29 is 4.79 Å². The molecule has 0 aliphatic carbocycles. The first-order chi connectivity index (χ1) is 9.24. The third-order valence-corrected chi connectivity index (χ3v) is 4.84. The summed E-state index contributed by atoms with van der Waals surface area (Å²) in [6.07, 6.45) is 0. The van der Waals surface area contributed by atoms with Gasteiger partial charge < -0.3 is 5.32 Å². The van der Waals surface area contributed by atoms with E-state index < -0.39 is 0 Å². The molecule has 0 spiro atoms. The number of hydrogen-bond donors (Lipinski definition) is 1. The van der Waals surface area contributed by atoms with Gasteiger partial charge in [0.2, 0.25) is 5.91 Å². The van der Waals surface area contributed by atoms with E-state index in [-0.39, 0.29) is 11.8 Å². The first-order valence-electron chi connectivity index (χ1n) is 6.02. The average Bonchev–Trinajstić information content (AvgIpc) is 2.85. The fraction of sp³-hybridized carbons (Fsp3) is 0.133. The summed E-state index contributed by atoms with van der Waals surface area (Å²) in [5.74, 6) is 0.839. The Labute approximate surface area is 124 Å². The molecule has 1 atom stereocenters. The Bertz CT molecular complexity index is 612.